The minimum absolute atomic E-state index is 0.0701. The Morgan fingerprint density at radius 1 is 1.11 bits per heavy atom. The Morgan fingerprint density at radius 2 is 1.82 bits per heavy atom. The third-order valence-corrected chi connectivity index (χ3v) is 8.06. The predicted octanol–water partition coefficient (Wildman–Crippen LogP) is 1.47. The maximum Gasteiger partial charge on any atom is 0.244 e. The molecule has 1 N–H and O–H groups in total. The van der Waals surface area contributed by atoms with E-state index in [1.54, 1.807) is 18.2 Å². The summed E-state index contributed by atoms with van der Waals surface area (Å²) in [6, 6.07) is 9.38. The Kier molecular flexibility index (Phi) is 6.33. The first-order valence-electron chi connectivity index (χ1n) is 8.87. The predicted molar refractivity (Wildman–Crippen MR) is 104 cm³/mol. The average Bonchev–Trinajstić information content (AvgIpc) is 2.73. The molecular weight excluding hydrogens is 402 g/mol. The minimum Gasteiger partial charge on any atom is -0.497 e. The molecule has 152 valence electrons. The molecule has 0 spiro atoms. The molecular formula is C18H23N3O5S2. The van der Waals surface area contributed by atoms with E-state index in [9.17, 15) is 16.8 Å². The molecule has 2 aromatic rings. The first-order valence-corrected chi connectivity index (χ1v) is 11.8. The SMILES string of the molecule is COc1cccc(S(=O)(=O)NCC2CCN(S(=O)(=O)c3cccnc3)CC2)c1. The van der Waals surface area contributed by atoms with E-state index in [4.69, 9.17) is 4.74 Å². The number of sulfonamides is 2. The summed E-state index contributed by atoms with van der Waals surface area (Å²) in [5.74, 6) is 0.539. The zero-order valence-corrected chi connectivity index (χ0v) is 17.1. The number of piperidine rings is 1. The van der Waals surface area contributed by atoms with Gasteiger partial charge in [0, 0.05) is 38.1 Å². The number of hydrogen-bond donors (Lipinski definition) is 1. The van der Waals surface area contributed by atoms with Crippen molar-refractivity contribution in [3.05, 3.63) is 48.8 Å². The number of pyridine rings is 1. The maximum absolute atomic E-state index is 12.6. The third kappa shape index (κ3) is 4.69. The van der Waals surface area contributed by atoms with Gasteiger partial charge in [0.2, 0.25) is 20.0 Å². The fourth-order valence-corrected chi connectivity index (χ4v) is 5.67. The Morgan fingerprint density at radius 3 is 2.46 bits per heavy atom. The number of rotatable bonds is 7. The van der Waals surface area contributed by atoms with Crippen molar-refractivity contribution in [3.8, 4) is 5.75 Å². The van der Waals surface area contributed by atoms with Crippen LogP contribution in [0.3, 0.4) is 0 Å². The Balaban J connectivity index is 1.57. The number of methoxy groups -OCH3 is 1. The summed E-state index contributed by atoms with van der Waals surface area (Å²) in [5.41, 5.74) is 0. The first kappa shape index (κ1) is 20.7. The number of nitrogens with zero attached hydrogens (tertiary/aromatic N) is 2. The standard InChI is InChI=1S/C18H23N3O5S2/c1-26-16-4-2-5-17(12-16)27(22,23)20-13-15-7-10-21(11-8-15)28(24,25)18-6-3-9-19-14-18/h2-6,9,12,14-15,20H,7-8,10-11,13H2,1H3. The number of benzene rings is 1. The zero-order chi connectivity index (χ0) is 20.2. The summed E-state index contributed by atoms with van der Waals surface area (Å²) in [5, 5.41) is 0. The molecule has 1 aliphatic heterocycles. The molecule has 1 aliphatic rings. The molecule has 0 saturated carbocycles. The van der Waals surface area contributed by atoms with Crippen LogP contribution in [0.25, 0.3) is 0 Å². The summed E-state index contributed by atoms with van der Waals surface area (Å²) in [4.78, 5) is 4.18. The molecule has 3 rings (SSSR count). The lowest BCUT2D eigenvalue weighted by molar-refractivity contribution is 0.274. The van der Waals surface area contributed by atoms with Gasteiger partial charge in [-0.1, -0.05) is 6.07 Å². The van der Waals surface area contributed by atoms with Crippen molar-refractivity contribution >= 4 is 20.0 Å². The van der Waals surface area contributed by atoms with Crippen molar-refractivity contribution < 1.29 is 21.6 Å². The van der Waals surface area contributed by atoms with Crippen molar-refractivity contribution in [2.75, 3.05) is 26.7 Å². The fourth-order valence-electron chi connectivity index (χ4n) is 3.08. The normalized spacial score (nSPS) is 16.8. The van der Waals surface area contributed by atoms with Gasteiger partial charge in [-0.05, 0) is 43.0 Å². The molecule has 0 unspecified atom stereocenters. The molecule has 0 radical (unpaired) electrons. The molecule has 0 amide bonds. The highest BCUT2D eigenvalue weighted by atomic mass is 32.2. The van der Waals surface area contributed by atoms with Gasteiger partial charge in [-0.15, -0.1) is 0 Å². The van der Waals surface area contributed by atoms with Gasteiger partial charge >= 0.3 is 0 Å². The minimum atomic E-state index is -3.65. The second-order valence-electron chi connectivity index (χ2n) is 6.57. The van der Waals surface area contributed by atoms with E-state index in [-0.39, 0.29) is 22.3 Å². The van der Waals surface area contributed by atoms with Crippen molar-refractivity contribution in [1.82, 2.24) is 14.0 Å². The summed E-state index contributed by atoms with van der Waals surface area (Å²) < 4.78 is 59.3. The molecule has 1 aromatic heterocycles. The van der Waals surface area contributed by atoms with E-state index in [0.29, 0.717) is 31.7 Å². The highest BCUT2D eigenvalue weighted by molar-refractivity contribution is 7.89. The topological polar surface area (TPSA) is 106 Å². The summed E-state index contributed by atoms with van der Waals surface area (Å²) >= 11 is 0. The zero-order valence-electron chi connectivity index (χ0n) is 15.5. The summed E-state index contributed by atoms with van der Waals surface area (Å²) in [6.45, 7) is 0.964. The van der Waals surface area contributed by atoms with Gasteiger partial charge < -0.3 is 4.74 Å². The van der Waals surface area contributed by atoms with Gasteiger partial charge in [0.05, 0.1) is 12.0 Å². The number of hydrogen-bond acceptors (Lipinski definition) is 6. The third-order valence-electron chi connectivity index (χ3n) is 4.76. The van der Waals surface area contributed by atoms with Crippen molar-refractivity contribution in [2.45, 2.75) is 22.6 Å². The Hall–Kier alpha value is -2.01. The van der Waals surface area contributed by atoms with Crippen LogP contribution in [0.15, 0.2) is 58.6 Å². The monoisotopic (exact) mass is 425 g/mol. The molecule has 1 aromatic carbocycles. The van der Waals surface area contributed by atoms with Gasteiger partial charge in [0.1, 0.15) is 10.6 Å². The average molecular weight is 426 g/mol. The summed E-state index contributed by atoms with van der Waals surface area (Å²) in [6.07, 6.45) is 4.03. The lowest BCUT2D eigenvalue weighted by Crippen LogP contribution is -2.41. The lowest BCUT2D eigenvalue weighted by atomic mass is 9.99. The van der Waals surface area contributed by atoms with Crippen LogP contribution in [0.1, 0.15) is 12.8 Å². The Labute approximate surface area is 165 Å². The van der Waals surface area contributed by atoms with Crippen LogP contribution in [0.5, 0.6) is 5.75 Å². The van der Waals surface area contributed by atoms with E-state index >= 15 is 0 Å². The molecule has 0 bridgehead atoms. The van der Waals surface area contributed by atoms with Gasteiger partial charge in [0.15, 0.2) is 0 Å². The maximum atomic E-state index is 12.6. The molecule has 10 heteroatoms. The van der Waals surface area contributed by atoms with E-state index < -0.39 is 20.0 Å². The second kappa shape index (κ2) is 8.56. The van der Waals surface area contributed by atoms with Crippen LogP contribution in [-0.4, -0.2) is 52.9 Å². The highest BCUT2D eigenvalue weighted by Crippen LogP contribution is 2.24. The van der Waals surface area contributed by atoms with Crippen LogP contribution in [-0.2, 0) is 20.0 Å². The molecule has 1 fully saturated rings. The molecule has 0 atom stereocenters. The van der Waals surface area contributed by atoms with Crippen LogP contribution in [0.2, 0.25) is 0 Å². The van der Waals surface area contributed by atoms with Crippen LogP contribution in [0, 0.1) is 5.92 Å². The smallest absolute Gasteiger partial charge is 0.244 e. The van der Waals surface area contributed by atoms with E-state index in [1.165, 1.54) is 42.0 Å². The van der Waals surface area contributed by atoms with Gasteiger partial charge in [-0.2, -0.15) is 4.31 Å². The second-order valence-corrected chi connectivity index (χ2v) is 10.3. The lowest BCUT2D eigenvalue weighted by Gasteiger charge is -2.31. The first-order chi connectivity index (χ1) is 13.3. The molecule has 28 heavy (non-hydrogen) atoms. The van der Waals surface area contributed by atoms with Crippen LogP contribution in [0.4, 0.5) is 0 Å². The van der Waals surface area contributed by atoms with Crippen molar-refractivity contribution in [3.63, 3.8) is 0 Å². The number of aromatic nitrogens is 1. The van der Waals surface area contributed by atoms with E-state index in [0.717, 1.165) is 0 Å². The quantitative estimate of drug-likeness (QED) is 0.720. The summed E-state index contributed by atoms with van der Waals surface area (Å²) in [7, 11) is -5.73. The van der Waals surface area contributed by atoms with Gasteiger partial charge in [-0.25, -0.2) is 21.6 Å². The van der Waals surface area contributed by atoms with Gasteiger partial charge in [-0.3, -0.25) is 4.98 Å². The van der Waals surface area contributed by atoms with Crippen molar-refractivity contribution in [2.24, 2.45) is 5.92 Å². The van der Waals surface area contributed by atoms with Crippen LogP contribution >= 0.6 is 0 Å². The van der Waals surface area contributed by atoms with Crippen LogP contribution < -0.4 is 9.46 Å². The molecule has 1 saturated heterocycles. The number of ether oxygens (including phenoxy) is 1. The molecule has 0 aliphatic carbocycles. The fraction of sp³-hybridized carbons (Fsp3) is 0.389. The largest absolute Gasteiger partial charge is 0.497 e. The molecule has 2 heterocycles. The van der Waals surface area contributed by atoms with Crippen molar-refractivity contribution in [1.29, 1.82) is 0 Å². The van der Waals surface area contributed by atoms with E-state index in [2.05, 4.69) is 9.71 Å². The highest BCUT2D eigenvalue weighted by Gasteiger charge is 2.30. The number of nitrogens with one attached hydrogen (secondary N) is 1. The van der Waals surface area contributed by atoms with Gasteiger partial charge in [0.25, 0.3) is 0 Å². The Bertz CT molecular complexity index is 1000. The molecule has 8 nitrogen and oxygen atoms in total. The van der Waals surface area contributed by atoms with E-state index in [1.807, 2.05) is 0 Å².